The van der Waals surface area contributed by atoms with Crippen LogP contribution < -0.4 is 0 Å². The summed E-state index contributed by atoms with van der Waals surface area (Å²) >= 11 is 0. The zero-order valence-corrected chi connectivity index (χ0v) is 8.31. The van der Waals surface area contributed by atoms with Gasteiger partial charge in [0, 0.05) is 0 Å². The van der Waals surface area contributed by atoms with Gasteiger partial charge in [-0.15, -0.1) is 0 Å². The Morgan fingerprint density at radius 1 is 1.29 bits per heavy atom. The summed E-state index contributed by atoms with van der Waals surface area (Å²) in [7, 11) is 1.63. The first-order chi connectivity index (χ1) is 6.88. The molecular formula is C13H14O. The molecule has 0 unspecified atom stereocenters. The molecule has 0 fully saturated rings. The summed E-state index contributed by atoms with van der Waals surface area (Å²) in [5.74, 6) is 0. The zero-order chi connectivity index (χ0) is 10.2. The molecule has 0 radical (unpaired) electrons. The third-order valence-corrected chi connectivity index (χ3v) is 1.82. The second-order valence-electron chi connectivity index (χ2n) is 2.76. The van der Waals surface area contributed by atoms with Crippen LogP contribution in [-0.4, -0.2) is 7.11 Å². The van der Waals surface area contributed by atoms with Gasteiger partial charge in [-0.3, -0.25) is 0 Å². The highest BCUT2D eigenvalue weighted by molar-refractivity contribution is 5.74. The minimum Gasteiger partial charge on any atom is -0.504 e. The van der Waals surface area contributed by atoms with Crippen LogP contribution >= 0.6 is 0 Å². The van der Waals surface area contributed by atoms with Crippen molar-refractivity contribution in [3.05, 3.63) is 67.0 Å². The Morgan fingerprint density at radius 3 is 2.57 bits per heavy atom. The van der Waals surface area contributed by atoms with Crippen LogP contribution in [-0.2, 0) is 4.74 Å². The summed E-state index contributed by atoms with van der Waals surface area (Å²) in [6, 6.07) is 10.1. The van der Waals surface area contributed by atoms with Gasteiger partial charge in [-0.25, -0.2) is 0 Å². The van der Waals surface area contributed by atoms with E-state index in [2.05, 4.69) is 6.58 Å². The second-order valence-corrected chi connectivity index (χ2v) is 2.76. The van der Waals surface area contributed by atoms with Crippen LogP contribution in [0.4, 0.5) is 0 Å². The van der Waals surface area contributed by atoms with Crippen molar-refractivity contribution < 1.29 is 4.74 Å². The van der Waals surface area contributed by atoms with Crippen LogP contribution in [0.1, 0.15) is 5.56 Å². The molecule has 72 valence electrons. The van der Waals surface area contributed by atoms with Crippen molar-refractivity contribution in [3.8, 4) is 0 Å². The molecule has 0 bridgehead atoms. The molecule has 1 aromatic carbocycles. The van der Waals surface area contributed by atoms with Crippen LogP contribution in [0.5, 0.6) is 0 Å². The van der Waals surface area contributed by atoms with E-state index in [0.29, 0.717) is 0 Å². The number of rotatable bonds is 4. The molecule has 0 aliphatic rings. The molecule has 14 heavy (non-hydrogen) atoms. The molecule has 0 aliphatic heterocycles. The predicted molar refractivity (Wildman–Crippen MR) is 60.8 cm³/mol. The molecule has 1 nitrogen and oxygen atoms in total. The third-order valence-electron chi connectivity index (χ3n) is 1.82. The third kappa shape index (κ3) is 2.94. The van der Waals surface area contributed by atoms with Gasteiger partial charge < -0.3 is 4.74 Å². The fourth-order valence-corrected chi connectivity index (χ4v) is 1.13. The maximum absolute atomic E-state index is 4.81. The minimum absolute atomic E-state index is 1.08. The lowest BCUT2D eigenvalue weighted by Crippen LogP contribution is -1.78. The lowest BCUT2D eigenvalue weighted by Gasteiger charge is -1.99. The largest absolute Gasteiger partial charge is 0.504 e. The van der Waals surface area contributed by atoms with Gasteiger partial charge in [0.15, 0.2) is 0 Å². The lowest BCUT2D eigenvalue weighted by atomic mass is 10.1. The Morgan fingerprint density at radius 2 is 2.00 bits per heavy atom. The van der Waals surface area contributed by atoms with Crippen molar-refractivity contribution in [1.29, 1.82) is 0 Å². The smallest absolute Gasteiger partial charge is 0.0824 e. The highest BCUT2D eigenvalue weighted by Crippen LogP contribution is 2.14. The minimum atomic E-state index is 1.08. The summed E-state index contributed by atoms with van der Waals surface area (Å²) in [4.78, 5) is 0. The molecule has 0 heterocycles. The van der Waals surface area contributed by atoms with Crippen molar-refractivity contribution in [1.82, 2.24) is 0 Å². The second kappa shape index (κ2) is 5.81. The van der Waals surface area contributed by atoms with E-state index < -0.39 is 0 Å². The zero-order valence-electron chi connectivity index (χ0n) is 8.31. The van der Waals surface area contributed by atoms with E-state index >= 15 is 0 Å². The number of benzene rings is 1. The maximum Gasteiger partial charge on any atom is 0.0824 e. The van der Waals surface area contributed by atoms with Gasteiger partial charge >= 0.3 is 0 Å². The monoisotopic (exact) mass is 186 g/mol. The van der Waals surface area contributed by atoms with Crippen LogP contribution in [0.25, 0.3) is 5.57 Å². The van der Waals surface area contributed by atoms with E-state index in [4.69, 9.17) is 4.74 Å². The van der Waals surface area contributed by atoms with E-state index in [1.165, 1.54) is 0 Å². The quantitative estimate of drug-likeness (QED) is 0.517. The Kier molecular flexibility index (Phi) is 4.29. The Bertz CT molecular complexity index is 334. The highest BCUT2D eigenvalue weighted by Gasteiger charge is 1.92. The molecule has 0 aliphatic carbocycles. The van der Waals surface area contributed by atoms with Crippen LogP contribution in [0.2, 0.25) is 0 Å². The molecule has 0 atom stereocenters. The van der Waals surface area contributed by atoms with E-state index in [1.54, 1.807) is 13.4 Å². The van der Waals surface area contributed by atoms with E-state index in [0.717, 1.165) is 11.1 Å². The van der Waals surface area contributed by atoms with Crippen LogP contribution in [0.3, 0.4) is 0 Å². The first kappa shape index (κ1) is 10.3. The summed E-state index contributed by atoms with van der Waals surface area (Å²) in [5.41, 5.74) is 2.24. The van der Waals surface area contributed by atoms with Crippen LogP contribution in [0.15, 0.2) is 61.4 Å². The van der Waals surface area contributed by atoms with E-state index in [1.807, 2.05) is 48.6 Å². The number of hydrogen-bond donors (Lipinski definition) is 0. The lowest BCUT2D eigenvalue weighted by molar-refractivity contribution is 0.338. The van der Waals surface area contributed by atoms with Crippen molar-refractivity contribution in [2.24, 2.45) is 0 Å². The molecule has 1 heteroatoms. The number of allylic oxidation sites excluding steroid dienone is 4. The molecule has 0 saturated heterocycles. The van der Waals surface area contributed by atoms with Gasteiger partial charge in [0.25, 0.3) is 0 Å². The number of hydrogen-bond acceptors (Lipinski definition) is 1. The van der Waals surface area contributed by atoms with Crippen molar-refractivity contribution in [3.63, 3.8) is 0 Å². The standard InChI is InChI=1S/C13H14O/c1-3-12(10-7-11-14-2)13-8-5-4-6-9-13/h3-11H,1H2,2H3/b11-7-,12-10+. The van der Waals surface area contributed by atoms with E-state index in [-0.39, 0.29) is 0 Å². The summed E-state index contributed by atoms with van der Waals surface area (Å²) in [6.07, 6.45) is 7.28. The van der Waals surface area contributed by atoms with Crippen molar-refractivity contribution >= 4 is 5.57 Å². The molecule has 0 aromatic heterocycles. The van der Waals surface area contributed by atoms with Crippen molar-refractivity contribution in [2.75, 3.05) is 7.11 Å². The fraction of sp³-hybridized carbons (Fsp3) is 0.0769. The molecule has 0 saturated carbocycles. The van der Waals surface area contributed by atoms with Gasteiger partial charge in [0.1, 0.15) is 0 Å². The average Bonchev–Trinajstić information content (AvgIpc) is 2.26. The fourth-order valence-electron chi connectivity index (χ4n) is 1.13. The van der Waals surface area contributed by atoms with Gasteiger partial charge in [-0.2, -0.15) is 0 Å². The normalized spacial score (nSPS) is 11.6. The topological polar surface area (TPSA) is 9.23 Å². The van der Waals surface area contributed by atoms with Gasteiger partial charge in [-0.1, -0.05) is 49.1 Å². The van der Waals surface area contributed by atoms with Crippen LogP contribution in [0, 0.1) is 0 Å². The highest BCUT2D eigenvalue weighted by atomic mass is 16.5. The average molecular weight is 186 g/mol. The van der Waals surface area contributed by atoms with E-state index in [9.17, 15) is 0 Å². The van der Waals surface area contributed by atoms with Crippen molar-refractivity contribution in [2.45, 2.75) is 0 Å². The number of ether oxygens (including phenoxy) is 1. The van der Waals surface area contributed by atoms with Gasteiger partial charge in [0.05, 0.1) is 13.4 Å². The molecule has 1 aromatic rings. The Balaban J connectivity index is 2.87. The maximum atomic E-state index is 4.81. The summed E-state index contributed by atoms with van der Waals surface area (Å²) < 4.78 is 4.81. The molecule has 0 amide bonds. The predicted octanol–water partition coefficient (Wildman–Crippen LogP) is 3.42. The summed E-state index contributed by atoms with van der Waals surface area (Å²) in [5, 5.41) is 0. The Hall–Kier alpha value is -1.76. The van der Waals surface area contributed by atoms with Gasteiger partial charge in [0.2, 0.25) is 0 Å². The van der Waals surface area contributed by atoms with Gasteiger partial charge in [-0.05, 0) is 17.2 Å². The molecular weight excluding hydrogens is 172 g/mol. The Labute approximate surface area is 85.0 Å². The first-order valence-electron chi connectivity index (χ1n) is 4.46. The molecule has 0 spiro atoms. The summed E-state index contributed by atoms with van der Waals surface area (Å²) in [6.45, 7) is 3.77. The first-order valence-corrected chi connectivity index (χ1v) is 4.46. The molecule has 1 rings (SSSR count). The number of methoxy groups -OCH3 is 1. The SMILES string of the molecule is C=C/C(=C\C=C/OC)c1ccccc1. The molecule has 0 N–H and O–H groups in total.